The van der Waals surface area contributed by atoms with Gasteiger partial charge in [0.2, 0.25) is 5.95 Å². The summed E-state index contributed by atoms with van der Waals surface area (Å²) in [5.41, 5.74) is 5.58. The van der Waals surface area contributed by atoms with Gasteiger partial charge >= 0.3 is 0 Å². The molecule has 0 radical (unpaired) electrons. The largest absolute Gasteiger partial charge is 0.495 e. The molecule has 7 heteroatoms. The Balaban J connectivity index is 1.52. The number of piperidine rings is 1. The molecule has 1 aromatic heterocycles. The second kappa shape index (κ2) is 12.6. The summed E-state index contributed by atoms with van der Waals surface area (Å²) in [5.74, 6) is 0.628. The molecule has 1 fully saturated rings. The first-order valence-electron chi connectivity index (χ1n) is 13.6. The Labute approximate surface area is 234 Å². The van der Waals surface area contributed by atoms with Crippen LogP contribution in [-0.2, 0) is 17.6 Å². The zero-order valence-electron chi connectivity index (χ0n) is 22.7. The lowest BCUT2D eigenvalue weighted by atomic mass is 9.98. The first kappa shape index (κ1) is 27.1. The van der Waals surface area contributed by atoms with Crippen LogP contribution in [0.5, 0.6) is 5.75 Å². The molecule has 1 saturated heterocycles. The fourth-order valence-corrected chi connectivity index (χ4v) is 5.10. The van der Waals surface area contributed by atoms with E-state index in [1.165, 1.54) is 24.6 Å². The number of hydrogen-bond acceptors (Lipinski definition) is 6. The summed E-state index contributed by atoms with van der Waals surface area (Å²) < 4.78 is 20.4. The predicted molar refractivity (Wildman–Crippen MR) is 158 cm³/mol. The van der Waals surface area contributed by atoms with Crippen LogP contribution in [0.25, 0.3) is 11.3 Å². The van der Waals surface area contributed by atoms with Gasteiger partial charge in [-0.1, -0.05) is 36.9 Å². The molecule has 1 aliphatic heterocycles. The Morgan fingerprint density at radius 2 is 1.85 bits per heavy atom. The maximum atomic E-state index is 14.8. The molecule has 40 heavy (non-hydrogen) atoms. The summed E-state index contributed by atoms with van der Waals surface area (Å²) in [6.45, 7) is 5.52. The number of rotatable bonds is 10. The molecule has 0 spiro atoms. The van der Waals surface area contributed by atoms with E-state index in [2.05, 4.69) is 27.8 Å². The van der Waals surface area contributed by atoms with E-state index in [1.54, 1.807) is 13.3 Å². The number of ether oxygens (including phenoxy) is 1. The second-order valence-corrected chi connectivity index (χ2v) is 9.98. The molecule has 0 unspecified atom stereocenters. The van der Waals surface area contributed by atoms with Gasteiger partial charge in [-0.3, -0.25) is 4.79 Å². The summed E-state index contributed by atoms with van der Waals surface area (Å²) in [7, 11) is 1.69. The fourth-order valence-electron chi connectivity index (χ4n) is 5.10. The average molecular weight is 537 g/mol. The number of nitrogens with zero attached hydrogens (tertiary/aromatic N) is 3. The van der Waals surface area contributed by atoms with Crippen molar-refractivity contribution >= 4 is 23.1 Å². The summed E-state index contributed by atoms with van der Waals surface area (Å²) in [5, 5.41) is 3.34. The molecule has 0 aliphatic carbocycles. The van der Waals surface area contributed by atoms with Crippen molar-refractivity contribution in [2.24, 2.45) is 0 Å². The number of halogens is 1. The van der Waals surface area contributed by atoms with Crippen LogP contribution in [0.2, 0.25) is 0 Å². The molecule has 4 aromatic rings. The van der Waals surface area contributed by atoms with Gasteiger partial charge in [-0.2, -0.15) is 0 Å². The van der Waals surface area contributed by atoms with Gasteiger partial charge in [0.15, 0.2) is 5.78 Å². The van der Waals surface area contributed by atoms with Crippen molar-refractivity contribution in [1.29, 1.82) is 0 Å². The molecule has 204 valence electrons. The SMILES string of the molecule is C=CC(=O)Cc1cc(F)cc(-c2nc(Nc3ccc(OC)c(N4CCCCC4)c3)ncc2Cc2ccccc2)c1. The zero-order valence-corrected chi connectivity index (χ0v) is 22.7. The molecule has 0 amide bonds. The third kappa shape index (κ3) is 6.54. The van der Waals surface area contributed by atoms with Crippen molar-refractivity contribution in [3.05, 3.63) is 108 Å². The van der Waals surface area contributed by atoms with E-state index in [9.17, 15) is 9.18 Å². The van der Waals surface area contributed by atoms with Crippen molar-refractivity contribution in [1.82, 2.24) is 9.97 Å². The number of hydrogen-bond donors (Lipinski definition) is 1. The maximum Gasteiger partial charge on any atom is 0.227 e. The Morgan fingerprint density at radius 3 is 2.60 bits per heavy atom. The van der Waals surface area contributed by atoms with E-state index in [0.717, 1.165) is 54.2 Å². The lowest BCUT2D eigenvalue weighted by Crippen LogP contribution is -2.29. The summed E-state index contributed by atoms with van der Waals surface area (Å²) in [4.78, 5) is 23.8. The van der Waals surface area contributed by atoms with Gasteiger partial charge in [-0.05, 0) is 72.9 Å². The number of aromatic nitrogens is 2. The minimum Gasteiger partial charge on any atom is -0.495 e. The van der Waals surface area contributed by atoms with Crippen molar-refractivity contribution in [2.75, 3.05) is 30.4 Å². The highest BCUT2D eigenvalue weighted by molar-refractivity contribution is 5.91. The van der Waals surface area contributed by atoms with E-state index in [1.807, 2.05) is 48.5 Å². The van der Waals surface area contributed by atoms with E-state index in [0.29, 0.717) is 29.2 Å². The maximum absolute atomic E-state index is 14.8. The van der Waals surface area contributed by atoms with Crippen molar-refractivity contribution < 1.29 is 13.9 Å². The molecule has 2 heterocycles. The van der Waals surface area contributed by atoms with Gasteiger partial charge in [0.1, 0.15) is 11.6 Å². The quantitative estimate of drug-likeness (QED) is 0.222. The first-order chi connectivity index (χ1) is 19.5. The number of allylic oxidation sites excluding steroid dienone is 1. The average Bonchev–Trinajstić information content (AvgIpc) is 2.98. The zero-order chi connectivity index (χ0) is 27.9. The summed E-state index contributed by atoms with van der Waals surface area (Å²) in [6, 6.07) is 20.6. The lowest BCUT2D eigenvalue weighted by Gasteiger charge is -2.30. The highest BCUT2D eigenvalue weighted by atomic mass is 19.1. The number of benzene rings is 3. The normalized spacial score (nSPS) is 13.1. The van der Waals surface area contributed by atoms with Crippen LogP contribution in [0.1, 0.15) is 36.0 Å². The molecule has 6 nitrogen and oxygen atoms in total. The number of nitrogens with one attached hydrogen (secondary N) is 1. The minimum atomic E-state index is -0.426. The van der Waals surface area contributed by atoms with Gasteiger partial charge in [0.05, 0.1) is 18.5 Å². The van der Waals surface area contributed by atoms with Gasteiger partial charge < -0.3 is 15.0 Å². The van der Waals surface area contributed by atoms with Gasteiger partial charge in [0.25, 0.3) is 0 Å². The molecule has 1 N–H and O–H groups in total. The number of carbonyl (C=O) groups is 1. The fraction of sp³-hybridized carbons (Fsp3) is 0.242. The number of ketones is 1. The molecule has 3 aromatic carbocycles. The van der Waals surface area contributed by atoms with Gasteiger partial charge in [-0.15, -0.1) is 0 Å². The van der Waals surface area contributed by atoms with Crippen LogP contribution in [0, 0.1) is 5.82 Å². The monoisotopic (exact) mass is 536 g/mol. The topological polar surface area (TPSA) is 67.3 Å². The van der Waals surface area contributed by atoms with E-state index in [4.69, 9.17) is 9.72 Å². The van der Waals surface area contributed by atoms with Crippen LogP contribution in [0.4, 0.5) is 21.7 Å². The first-order valence-corrected chi connectivity index (χ1v) is 13.6. The number of anilines is 3. The molecule has 1 aliphatic rings. The van der Waals surface area contributed by atoms with Crippen LogP contribution >= 0.6 is 0 Å². The molecule has 0 saturated carbocycles. The molecule has 5 rings (SSSR count). The molecule has 0 atom stereocenters. The smallest absolute Gasteiger partial charge is 0.227 e. The van der Waals surface area contributed by atoms with Gasteiger partial charge in [0, 0.05) is 48.9 Å². The molecular formula is C33H33FN4O2. The third-order valence-electron chi connectivity index (χ3n) is 7.07. The Kier molecular flexibility index (Phi) is 8.50. The third-order valence-corrected chi connectivity index (χ3v) is 7.07. The van der Waals surface area contributed by atoms with Crippen molar-refractivity contribution in [2.45, 2.75) is 32.1 Å². The highest BCUT2D eigenvalue weighted by Gasteiger charge is 2.17. The standard InChI is InChI=1S/C33H33FN4O2/c1-3-29(39)19-24-17-25(20-27(34)18-24)32-26(16-23-10-6-4-7-11-23)22-35-33(37-32)36-28-12-13-31(40-2)30(21-28)38-14-8-5-9-15-38/h3-4,6-7,10-13,17-18,20-22H,1,5,8-9,14-16,19H2,2H3,(H,35,36,37). The summed E-state index contributed by atoms with van der Waals surface area (Å²) in [6.07, 6.45) is 7.25. The Bertz CT molecular complexity index is 1500. The minimum absolute atomic E-state index is 0.0730. The molecule has 0 bridgehead atoms. The summed E-state index contributed by atoms with van der Waals surface area (Å²) >= 11 is 0. The van der Waals surface area contributed by atoms with Crippen LogP contribution < -0.4 is 15.0 Å². The van der Waals surface area contributed by atoms with Crippen molar-refractivity contribution in [3.8, 4) is 17.0 Å². The lowest BCUT2D eigenvalue weighted by molar-refractivity contribution is -0.114. The van der Waals surface area contributed by atoms with E-state index in [-0.39, 0.29) is 12.2 Å². The van der Waals surface area contributed by atoms with E-state index >= 15 is 0 Å². The number of methoxy groups -OCH3 is 1. The highest BCUT2D eigenvalue weighted by Crippen LogP contribution is 2.34. The van der Waals surface area contributed by atoms with Crippen LogP contribution in [0.3, 0.4) is 0 Å². The van der Waals surface area contributed by atoms with Crippen LogP contribution in [0.15, 0.2) is 85.6 Å². The Morgan fingerprint density at radius 1 is 1.05 bits per heavy atom. The number of carbonyl (C=O) groups excluding carboxylic acids is 1. The van der Waals surface area contributed by atoms with Gasteiger partial charge in [-0.25, -0.2) is 14.4 Å². The second-order valence-electron chi connectivity index (χ2n) is 9.98. The predicted octanol–water partition coefficient (Wildman–Crippen LogP) is 6.91. The van der Waals surface area contributed by atoms with Crippen LogP contribution in [-0.4, -0.2) is 36.0 Å². The Hall–Kier alpha value is -4.52. The van der Waals surface area contributed by atoms with Crippen molar-refractivity contribution in [3.63, 3.8) is 0 Å². The van der Waals surface area contributed by atoms with E-state index < -0.39 is 5.82 Å². The molecular weight excluding hydrogens is 503 g/mol.